The van der Waals surface area contributed by atoms with E-state index in [4.69, 9.17) is 0 Å². The largest absolute Gasteiger partial charge is 0.325 e. The van der Waals surface area contributed by atoms with E-state index in [0.29, 0.717) is 12.1 Å². The monoisotopic (exact) mass is 374 g/mol. The fraction of sp³-hybridized carbons (Fsp3) is 0.227. The van der Waals surface area contributed by atoms with E-state index in [0.717, 1.165) is 22.5 Å². The molecule has 0 saturated carbocycles. The summed E-state index contributed by atoms with van der Waals surface area (Å²) in [6, 6.07) is 17.0. The number of amides is 2. The number of piperazine rings is 1. The molecule has 2 aromatic carbocycles. The molecule has 0 bridgehead atoms. The molecule has 0 aliphatic carbocycles. The minimum atomic E-state index is -0.124. The van der Waals surface area contributed by atoms with Gasteiger partial charge in [-0.15, -0.1) is 0 Å². The second kappa shape index (κ2) is 7.31. The molecule has 4 rings (SSSR count). The van der Waals surface area contributed by atoms with Gasteiger partial charge in [0.15, 0.2) is 0 Å². The zero-order chi connectivity index (χ0) is 19.7. The number of nitrogens with zero attached hydrogens (tertiary/aromatic N) is 3. The van der Waals surface area contributed by atoms with E-state index in [1.54, 1.807) is 28.1 Å². The maximum atomic E-state index is 13.0. The fourth-order valence-corrected chi connectivity index (χ4v) is 3.60. The summed E-state index contributed by atoms with van der Waals surface area (Å²) in [5, 5.41) is 6.85. The highest BCUT2D eigenvalue weighted by molar-refractivity contribution is 6.02. The third-order valence-electron chi connectivity index (χ3n) is 5.20. The van der Waals surface area contributed by atoms with E-state index in [1.807, 2.05) is 56.3 Å². The number of hydrogen-bond donors (Lipinski definition) is 1. The van der Waals surface area contributed by atoms with Crippen LogP contribution in [0.15, 0.2) is 60.8 Å². The van der Waals surface area contributed by atoms with Crippen LogP contribution in [-0.4, -0.2) is 46.0 Å². The second-order valence-corrected chi connectivity index (χ2v) is 7.12. The summed E-state index contributed by atoms with van der Waals surface area (Å²) in [6.45, 7) is 4.54. The number of aromatic amines is 1. The Kier molecular flexibility index (Phi) is 4.69. The Hall–Kier alpha value is -3.41. The van der Waals surface area contributed by atoms with Gasteiger partial charge < -0.3 is 9.80 Å². The minimum absolute atomic E-state index is 0.0603. The molecule has 0 unspecified atom stereocenters. The van der Waals surface area contributed by atoms with Gasteiger partial charge in [-0.05, 0) is 49.2 Å². The minimum Gasteiger partial charge on any atom is -0.325 e. The van der Waals surface area contributed by atoms with Crippen LogP contribution in [0.5, 0.6) is 0 Å². The van der Waals surface area contributed by atoms with Crippen LogP contribution in [0.4, 0.5) is 5.69 Å². The summed E-state index contributed by atoms with van der Waals surface area (Å²) in [5.74, 6) is -0.184. The highest BCUT2D eigenvalue weighted by Crippen LogP contribution is 2.25. The van der Waals surface area contributed by atoms with E-state index in [9.17, 15) is 9.59 Å². The molecule has 1 saturated heterocycles. The van der Waals surface area contributed by atoms with Gasteiger partial charge in [-0.2, -0.15) is 5.10 Å². The molecule has 28 heavy (non-hydrogen) atoms. The summed E-state index contributed by atoms with van der Waals surface area (Å²) >= 11 is 0. The van der Waals surface area contributed by atoms with Gasteiger partial charge in [0.05, 0.1) is 5.69 Å². The first-order valence-corrected chi connectivity index (χ1v) is 9.31. The van der Waals surface area contributed by atoms with Crippen molar-refractivity contribution in [2.45, 2.75) is 19.9 Å². The number of benzene rings is 2. The van der Waals surface area contributed by atoms with E-state index >= 15 is 0 Å². The molecule has 0 spiro atoms. The van der Waals surface area contributed by atoms with Gasteiger partial charge in [-0.1, -0.05) is 30.3 Å². The lowest BCUT2D eigenvalue weighted by molar-refractivity contribution is -0.121. The summed E-state index contributed by atoms with van der Waals surface area (Å²) < 4.78 is 0. The summed E-state index contributed by atoms with van der Waals surface area (Å²) in [7, 11) is 0. The fourth-order valence-electron chi connectivity index (χ4n) is 3.60. The van der Waals surface area contributed by atoms with E-state index in [1.165, 1.54) is 0 Å². The number of rotatable bonds is 3. The number of hydrogen-bond acceptors (Lipinski definition) is 3. The second-order valence-electron chi connectivity index (χ2n) is 7.12. The van der Waals surface area contributed by atoms with Gasteiger partial charge in [0.1, 0.15) is 6.54 Å². The van der Waals surface area contributed by atoms with Crippen LogP contribution < -0.4 is 4.90 Å². The molecule has 3 aromatic rings. The SMILES string of the molecule is Cc1ccccc1N1C[C@@H](C)N(C(=O)c2ccc(-c3ccn[nH]3)cc2)CC1=O. The van der Waals surface area contributed by atoms with Crippen molar-refractivity contribution >= 4 is 17.5 Å². The molecule has 2 heterocycles. The zero-order valence-electron chi connectivity index (χ0n) is 15.9. The lowest BCUT2D eigenvalue weighted by Gasteiger charge is -2.40. The molecule has 1 aliphatic heterocycles. The van der Waals surface area contributed by atoms with Crippen molar-refractivity contribution in [1.29, 1.82) is 0 Å². The van der Waals surface area contributed by atoms with Crippen molar-refractivity contribution in [1.82, 2.24) is 15.1 Å². The number of nitrogens with one attached hydrogen (secondary N) is 1. The van der Waals surface area contributed by atoms with Crippen LogP contribution in [-0.2, 0) is 4.79 Å². The van der Waals surface area contributed by atoms with Gasteiger partial charge >= 0.3 is 0 Å². The van der Waals surface area contributed by atoms with Crippen LogP contribution in [0.2, 0.25) is 0 Å². The van der Waals surface area contributed by atoms with Crippen molar-refractivity contribution in [3.8, 4) is 11.3 Å². The molecule has 1 aromatic heterocycles. The maximum Gasteiger partial charge on any atom is 0.254 e. The van der Waals surface area contributed by atoms with E-state index in [2.05, 4.69) is 10.2 Å². The molecule has 6 heteroatoms. The Morgan fingerprint density at radius 3 is 2.54 bits per heavy atom. The van der Waals surface area contributed by atoms with Crippen LogP contribution in [0.3, 0.4) is 0 Å². The van der Waals surface area contributed by atoms with Crippen LogP contribution in [0, 0.1) is 6.92 Å². The summed E-state index contributed by atoms with van der Waals surface area (Å²) in [5.41, 5.74) is 4.40. The highest BCUT2D eigenvalue weighted by atomic mass is 16.2. The lowest BCUT2D eigenvalue weighted by atomic mass is 10.1. The van der Waals surface area contributed by atoms with E-state index < -0.39 is 0 Å². The Balaban J connectivity index is 1.51. The molecule has 2 amide bonds. The smallest absolute Gasteiger partial charge is 0.254 e. The van der Waals surface area contributed by atoms with Crippen LogP contribution in [0.25, 0.3) is 11.3 Å². The van der Waals surface area contributed by atoms with Gasteiger partial charge in [0.2, 0.25) is 5.91 Å². The first-order chi connectivity index (χ1) is 13.5. The Morgan fingerprint density at radius 1 is 1.11 bits per heavy atom. The molecule has 1 fully saturated rings. The quantitative estimate of drug-likeness (QED) is 0.765. The number of para-hydroxylation sites is 1. The molecule has 6 nitrogen and oxygen atoms in total. The van der Waals surface area contributed by atoms with Crippen LogP contribution in [0.1, 0.15) is 22.8 Å². The van der Waals surface area contributed by atoms with Crippen molar-refractivity contribution in [3.05, 3.63) is 71.9 Å². The Labute approximate surface area is 163 Å². The molecule has 1 aliphatic rings. The third kappa shape index (κ3) is 3.29. The van der Waals surface area contributed by atoms with Gasteiger partial charge in [-0.3, -0.25) is 14.7 Å². The van der Waals surface area contributed by atoms with Gasteiger partial charge in [0, 0.05) is 30.0 Å². The maximum absolute atomic E-state index is 13.0. The summed E-state index contributed by atoms with van der Waals surface area (Å²) in [6.07, 6.45) is 1.69. The van der Waals surface area contributed by atoms with Gasteiger partial charge in [0.25, 0.3) is 5.91 Å². The zero-order valence-corrected chi connectivity index (χ0v) is 15.9. The Morgan fingerprint density at radius 2 is 1.86 bits per heavy atom. The van der Waals surface area contributed by atoms with E-state index in [-0.39, 0.29) is 24.4 Å². The molecular formula is C22H22N4O2. The molecule has 0 radical (unpaired) electrons. The van der Waals surface area contributed by atoms with Crippen LogP contribution >= 0.6 is 0 Å². The first-order valence-electron chi connectivity index (χ1n) is 9.31. The topological polar surface area (TPSA) is 69.3 Å². The number of carbonyl (C=O) groups is 2. The van der Waals surface area contributed by atoms with Crippen molar-refractivity contribution in [2.24, 2.45) is 0 Å². The highest BCUT2D eigenvalue weighted by Gasteiger charge is 2.34. The Bertz CT molecular complexity index is 996. The van der Waals surface area contributed by atoms with Crippen molar-refractivity contribution < 1.29 is 9.59 Å². The normalized spacial score (nSPS) is 17.1. The van der Waals surface area contributed by atoms with Crippen molar-refractivity contribution in [3.63, 3.8) is 0 Å². The average molecular weight is 374 g/mol. The molecule has 1 N–H and O–H groups in total. The predicted octanol–water partition coefficient (Wildman–Crippen LogP) is 3.26. The predicted molar refractivity (Wildman–Crippen MR) is 108 cm³/mol. The average Bonchev–Trinajstić information content (AvgIpc) is 3.24. The number of anilines is 1. The van der Waals surface area contributed by atoms with Gasteiger partial charge in [-0.25, -0.2) is 0 Å². The number of H-pyrrole nitrogens is 1. The molecule has 142 valence electrons. The van der Waals surface area contributed by atoms with Crippen molar-refractivity contribution in [2.75, 3.05) is 18.0 Å². The standard InChI is InChI=1S/C22H22N4O2/c1-15-5-3-4-6-20(15)26-13-16(2)25(14-21(26)27)22(28)18-9-7-17(8-10-18)19-11-12-23-24-19/h3-12,16H,13-14H2,1-2H3,(H,23,24)/t16-/m1/s1. The molecule has 1 atom stereocenters. The lowest BCUT2D eigenvalue weighted by Crippen LogP contribution is -2.57. The number of aromatic nitrogens is 2. The number of carbonyl (C=O) groups excluding carboxylic acids is 2. The third-order valence-corrected chi connectivity index (χ3v) is 5.20. The molecular weight excluding hydrogens is 352 g/mol. The first kappa shape index (κ1) is 18.0. The summed E-state index contributed by atoms with van der Waals surface area (Å²) in [4.78, 5) is 29.2. The number of aryl methyl sites for hydroxylation is 1.